The highest BCUT2D eigenvalue weighted by molar-refractivity contribution is 5.39. The zero-order chi connectivity index (χ0) is 15.7. The van der Waals surface area contributed by atoms with Crippen molar-refractivity contribution in [3.63, 3.8) is 0 Å². The average molecular weight is 301 g/mol. The Kier molecular flexibility index (Phi) is 4.11. The Morgan fingerprint density at radius 1 is 1.32 bits per heavy atom. The molecule has 0 aliphatic carbocycles. The number of nitrogens with zero attached hydrogens (tertiary/aromatic N) is 5. The first-order chi connectivity index (χ1) is 10.5. The summed E-state index contributed by atoms with van der Waals surface area (Å²) in [5.74, 6) is 1.93. The Hall–Kier alpha value is -1.95. The van der Waals surface area contributed by atoms with Gasteiger partial charge in [0.2, 0.25) is 0 Å². The molecule has 6 nitrogen and oxygen atoms in total. The second-order valence-corrected chi connectivity index (χ2v) is 6.11. The molecule has 118 valence electrons. The molecule has 1 aliphatic heterocycles. The second-order valence-electron chi connectivity index (χ2n) is 6.11. The van der Waals surface area contributed by atoms with Crippen LogP contribution in [-0.4, -0.2) is 46.2 Å². The standard InChI is InChI=1S/C16H23N5O/c1-11-7-16(18-10-17-11)20(4)14-5-6-21(8-14)9-15-12(2)19-22-13(15)3/h7,10,14H,5-6,8-9H2,1-4H3. The first-order valence-electron chi connectivity index (χ1n) is 7.70. The third-order valence-electron chi connectivity index (χ3n) is 4.51. The van der Waals surface area contributed by atoms with E-state index in [2.05, 4.69) is 32.0 Å². The van der Waals surface area contributed by atoms with E-state index in [1.165, 1.54) is 5.56 Å². The van der Waals surface area contributed by atoms with Gasteiger partial charge in [-0.3, -0.25) is 4.90 Å². The molecular formula is C16H23N5O. The van der Waals surface area contributed by atoms with E-state index < -0.39 is 0 Å². The second kappa shape index (κ2) is 6.04. The lowest BCUT2D eigenvalue weighted by Crippen LogP contribution is -2.35. The number of hydrogen-bond acceptors (Lipinski definition) is 6. The number of likely N-dealkylation sites (N-methyl/N-ethyl adjacent to an activating group) is 1. The minimum absolute atomic E-state index is 0.481. The molecular weight excluding hydrogens is 278 g/mol. The maximum atomic E-state index is 5.26. The Balaban J connectivity index is 1.65. The van der Waals surface area contributed by atoms with Gasteiger partial charge in [0.15, 0.2) is 0 Å². The van der Waals surface area contributed by atoms with E-state index in [0.717, 1.165) is 49.0 Å². The minimum Gasteiger partial charge on any atom is -0.361 e. The van der Waals surface area contributed by atoms with Crippen LogP contribution in [0.4, 0.5) is 5.82 Å². The summed E-state index contributed by atoms with van der Waals surface area (Å²) in [5, 5.41) is 4.04. The zero-order valence-electron chi connectivity index (χ0n) is 13.7. The highest BCUT2D eigenvalue weighted by Gasteiger charge is 2.27. The summed E-state index contributed by atoms with van der Waals surface area (Å²) in [4.78, 5) is 13.3. The smallest absolute Gasteiger partial charge is 0.138 e. The largest absolute Gasteiger partial charge is 0.361 e. The van der Waals surface area contributed by atoms with Crippen LogP contribution in [-0.2, 0) is 6.54 Å². The third kappa shape index (κ3) is 2.97. The number of aromatic nitrogens is 3. The maximum Gasteiger partial charge on any atom is 0.138 e. The third-order valence-corrected chi connectivity index (χ3v) is 4.51. The Morgan fingerprint density at radius 3 is 2.82 bits per heavy atom. The number of rotatable bonds is 4. The van der Waals surface area contributed by atoms with E-state index >= 15 is 0 Å². The van der Waals surface area contributed by atoms with Crippen LogP contribution in [0.2, 0.25) is 0 Å². The predicted octanol–water partition coefficient (Wildman–Crippen LogP) is 2.10. The molecule has 0 bridgehead atoms. The van der Waals surface area contributed by atoms with Crippen LogP contribution in [0.3, 0.4) is 0 Å². The van der Waals surface area contributed by atoms with Gasteiger partial charge < -0.3 is 9.42 Å². The topological polar surface area (TPSA) is 58.3 Å². The van der Waals surface area contributed by atoms with Gasteiger partial charge in [0, 0.05) is 50.0 Å². The first-order valence-corrected chi connectivity index (χ1v) is 7.70. The van der Waals surface area contributed by atoms with Crippen molar-refractivity contribution in [2.24, 2.45) is 0 Å². The molecule has 1 aliphatic rings. The molecule has 0 N–H and O–H groups in total. The summed E-state index contributed by atoms with van der Waals surface area (Å²) in [5.41, 5.74) is 3.23. The van der Waals surface area contributed by atoms with Crippen molar-refractivity contribution in [1.82, 2.24) is 20.0 Å². The van der Waals surface area contributed by atoms with Crippen LogP contribution in [0.15, 0.2) is 16.9 Å². The van der Waals surface area contributed by atoms with Crippen molar-refractivity contribution in [3.8, 4) is 0 Å². The summed E-state index contributed by atoms with van der Waals surface area (Å²) in [6.45, 7) is 9.02. The zero-order valence-corrected chi connectivity index (χ0v) is 13.7. The van der Waals surface area contributed by atoms with Gasteiger partial charge in [0.25, 0.3) is 0 Å². The fourth-order valence-corrected chi connectivity index (χ4v) is 3.04. The Labute approximate surface area is 131 Å². The number of hydrogen-bond donors (Lipinski definition) is 0. The molecule has 6 heteroatoms. The molecule has 1 atom stereocenters. The van der Waals surface area contributed by atoms with E-state index in [1.807, 2.05) is 26.8 Å². The molecule has 1 saturated heterocycles. The van der Waals surface area contributed by atoms with Gasteiger partial charge in [-0.25, -0.2) is 9.97 Å². The van der Waals surface area contributed by atoms with E-state index in [9.17, 15) is 0 Å². The number of likely N-dealkylation sites (tertiary alicyclic amines) is 1. The van der Waals surface area contributed by atoms with Gasteiger partial charge in [-0.05, 0) is 27.2 Å². The van der Waals surface area contributed by atoms with Crippen molar-refractivity contribution < 1.29 is 4.52 Å². The van der Waals surface area contributed by atoms with Gasteiger partial charge in [0.05, 0.1) is 5.69 Å². The molecule has 3 heterocycles. The molecule has 1 unspecified atom stereocenters. The SMILES string of the molecule is Cc1cc(N(C)C2CCN(Cc3c(C)noc3C)C2)ncn1. The van der Waals surface area contributed by atoms with Crippen LogP contribution >= 0.6 is 0 Å². The average Bonchev–Trinajstić information content (AvgIpc) is 3.09. The van der Waals surface area contributed by atoms with E-state index in [4.69, 9.17) is 4.52 Å². The number of aryl methyl sites for hydroxylation is 3. The lowest BCUT2D eigenvalue weighted by Gasteiger charge is -2.26. The quantitative estimate of drug-likeness (QED) is 0.862. The van der Waals surface area contributed by atoms with Gasteiger partial charge in [0.1, 0.15) is 17.9 Å². The van der Waals surface area contributed by atoms with Gasteiger partial charge in [-0.1, -0.05) is 5.16 Å². The van der Waals surface area contributed by atoms with Crippen molar-refractivity contribution >= 4 is 5.82 Å². The molecule has 0 aromatic carbocycles. The van der Waals surface area contributed by atoms with Crippen LogP contribution in [0.1, 0.15) is 29.1 Å². The Morgan fingerprint density at radius 2 is 2.14 bits per heavy atom. The van der Waals surface area contributed by atoms with Crippen molar-refractivity contribution in [2.75, 3.05) is 25.0 Å². The maximum absolute atomic E-state index is 5.26. The van der Waals surface area contributed by atoms with Crippen LogP contribution in [0.5, 0.6) is 0 Å². The molecule has 0 spiro atoms. The van der Waals surface area contributed by atoms with Crippen LogP contribution in [0, 0.1) is 20.8 Å². The highest BCUT2D eigenvalue weighted by Crippen LogP contribution is 2.23. The molecule has 1 fully saturated rings. The predicted molar refractivity (Wildman–Crippen MR) is 84.8 cm³/mol. The number of anilines is 1. The van der Waals surface area contributed by atoms with Crippen molar-refractivity contribution in [3.05, 3.63) is 35.1 Å². The van der Waals surface area contributed by atoms with Gasteiger partial charge in [-0.2, -0.15) is 0 Å². The van der Waals surface area contributed by atoms with Crippen molar-refractivity contribution in [1.29, 1.82) is 0 Å². The van der Waals surface area contributed by atoms with Crippen LogP contribution in [0.25, 0.3) is 0 Å². The summed E-state index contributed by atoms with van der Waals surface area (Å²) >= 11 is 0. The van der Waals surface area contributed by atoms with Crippen LogP contribution < -0.4 is 4.90 Å². The summed E-state index contributed by atoms with van der Waals surface area (Å²) in [6, 6.07) is 2.52. The fourth-order valence-electron chi connectivity index (χ4n) is 3.04. The fraction of sp³-hybridized carbons (Fsp3) is 0.562. The molecule has 0 amide bonds. The lowest BCUT2D eigenvalue weighted by molar-refractivity contribution is 0.321. The highest BCUT2D eigenvalue weighted by atomic mass is 16.5. The lowest BCUT2D eigenvalue weighted by atomic mass is 10.2. The van der Waals surface area contributed by atoms with Crippen molar-refractivity contribution in [2.45, 2.75) is 39.8 Å². The minimum atomic E-state index is 0.481. The van der Waals surface area contributed by atoms with Gasteiger partial charge in [-0.15, -0.1) is 0 Å². The molecule has 2 aromatic heterocycles. The van der Waals surface area contributed by atoms with E-state index in [1.54, 1.807) is 6.33 Å². The summed E-state index contributed by atoms with van der Waals surface area (Å²) in [6.07, 6.45) is 2.78. The summed E-state index contributed by atoms with van der Waals surface area (Å²) < 4.78 is 5.26. The molecule has 0 saturated carbocycles. The first kappa shape index (κ1) is 15.0. The Bertz CT molecular complexity index is 634. The van der Waals surface area contributed by atoms with E-state index in [0.29, 0.717) is 6.04 Å². The molecule has 0 radical (unpaired) electrons. The molecule has 22 heavy (non-hydrogen) atoms. The molecule has 2 aromatic rings. The van der Waals surface area contributed by atoms with Gasteiger partial charge >= 0.3 is 0 Å². The van der Waals surface area contributed by atoms with E-state index in [-0.39, 0.29) is 0 Å². The summed E-state index contributed by atoms with van der Waals surface area (Å²) in [7, 11) is 2.12. The monoisotopic (exact) mass is 301 g/mol. The normalized spacial score (nSPS) is 18.8. The molecule has 3 rings (SSSR count).